The van der Waals surface area contributed by atoms with Crippen LogP contribution in [0.3, 0.4) is 0 Å². The summed E-state index contributed by atoms with van der Waals surface area (Å²) in [5, 5.41) is 69.7. The molecule has 0 spiro atoms. The Morgan fingerprint density at radius 2 is 0.303 bits per heavy atom. The third-order valence-corrected chi connectivity index (χ3v) is 0. The molecule has 0 unspecified atom stereocenters. The fraction of sp³-hybridized carbons (Fsp3) is 0. The van der Waals surface area contributed by atoms with Crippen LogP contribution in [0.5, 0.6) is 0 Å². The summed E-state index contributed by atoms with van der Waals surface area (Å²) in [6.07, 6.45) is -9.17. The summed E-state index contributed by atoms with van der Waals surface area (Å²) in [5.74, 6) is 0. The maximum absolute atomic E-state index is 8.56. The number of carboxylic acid groups (broad SMARTS) is 10. The van der Waals surface area contributed by atoms with Crippen molar-refractivity contribution in [3.63, 3.8) is 0 Å². The van der Waals surface area contributed by atoms with Crippen LogP contribution in [-0.2, 0) is 0 Å². The predicted octanol–water partition coefficient (Wildman–Crippen LogP) is -11.1. The largest absolute Gasteiger partial charge is 0.316 e. The SMILES string of the molecule is O.O.O.O.O.O.O=C(O)O.O=C(O)O.O=C(O)O.O=C(O)O.O=C(O)O.[AlH3].[AlH3].[AlH3].[CaH2].[MgH2].[MgH2].[MgH2]. The Hall–Kier alpha value is 1.27. The van der Waals surface area contributed by atoms with E-state index in [-0.39, 0.29) is 192 Å². The van der Waals surface area contributed by atoms with Crippen molar-refractivity contribution in [2.75, 3.05) is 0 Å². The Balaban J connectivity index is -0.00000000485. The van der Waals surface area contributed by atoms with Crippen molar-refractivity contribution in [2.45, 2.75) is 0 Å². The first kappa shape index (κ1) is 143. The fourth-order valence-corrected chi connectivity index (χ4v) is 0. The van der Waals surface area contributed by atoms with Gasteiger partial charge < -0.3 is 83.9 Å². The molecule has 0 aliphatic rings. The van der Waals surface area contributed by atoms with Crippen molar-refractivity contribution in [1.82, 2.24) is 0 Å². The zero-order chi connectivity index (χ0) is 17.9. The Labute approximate surface area is 293 Å². The molecule has 0 heterocycles. The van der Waals surface area contributed by atoms with Crippen LogP contribution < -0.4 is 0 Å². The maximum Gasteiger partial charge on any atom is 0.316 e. The molecule has 0 aromatic rings. The van der Waals surface area contributed by atoms with E-state index in [2.05, 4.69) is 0 Å². The Kier molecular flexibility index (Phi) is 568. The van der Waals surface area contributed by atoms with Gasteiger partial charge in [-0.05, 0) is 0 Å². The van der Waals surface area contributed by atoms with Gasteiger partial charge in [0, 0.05) is 0 Å². The average Bonchev–Trinajstić information content (AvgIpc) is 1.94. The van der Waals surface area contributed by atoms with Crippen molar-refractivity contribution >= 4 is 190 Å². The van der Waals surface area contributed by atoms with Gasteiger partial charge in [-0.3, -0.25) is 0 Å². The van der Waals surface area contributed by atoms with Crippen LogP contribution in [0.2, 0.25) is 0 Å². The third-order valence-electron chi connectivity index (χ3n) is 0. The fourth-order valence-electron chi connectivity index (χ4n) is 0. The first-order valence-corrected chi connectivity index (χ1v) is 3.26. The Bertz CT molecular complexity index is 238. The quantitative estimate of drug-likeness (QED) is 0.111. The molecule has 0 saturated heterocycles. The average molecular weight is 629 g/mol. The van der Waals surface area contributed by atoms with E-state index < -0.39 is 30.8 Å². The van der Waals surface area contributed by atoms with Gasteiger partial charge >= 0.3 is 138 Å². The van der Waals surface area contributed by atoms with Gasteiger partial charge in [0.1, 0.15) is 0 Å². The minimum absolute atomic E-state index is 0. The molecule has 202 valence electrons. The van der Waals surface area contributed by atoms with Crippen LogP contribution in [0.1, 0.15) is 0 Å². The topological polar surface area (TPSA) is 477 Å². The molecule has 0 atom stereocenters. The van der Waals surface area contributed by atoms with Gasteiger partial charge in [0.2, 0.25) is 0 Å². The van der Waals surface area contributed by atoms with Crippen LogP contribution in [0, 0.1) is 0 Å². The van der Waals surface area contributed by atoms with Crippen LogP contribution in [0.25, 0.3) is 0 Å². The van der Waals surface area contributed by atoms with Crippen LogP contribution >= 0.6 is 0 Å². The second kappa shape index (κ2) is 131. The normalized spacial score (nSPS) is 3.64. The first-order valence-electron chi connectivity index (χ1n) is 3.26. The van der Waals surface area contributed by atoms with E-state index in [1.54, 1.807) is 0 Å². The molecule has 0 amide bonds. The summed E-state index contributed by atoms with van der Waals surface area (Å²) in [6.45, 7) is 0. The third kappa shape index (κ3) is 20300. The minimum atomic E-state index is -1.83. The van der Waals surface area contributed by atoms with Gasteiger partial charge in [0.25, 0.3) is 0 Å². The molecule has 21 nitrogen and oxygen atoms in total. The minimum Gasteiger partial charge on any atom is 0.316 e. The monoisotopic (exact) mass is 628 g/mol. The molecule has 0 radical (unpaired) electrons. The van der Waals surface area contributed by atoms with E-state index in [1.165, 1.54) is 0 Å². The zero-order valence-electron chi connectivity index (χ0n) is 12.0. The summed E-state index contributed by atoms with van der Waals surface area (Å²) >= 11 is 0. The molecular formula is C5H39Al3CaMg3O21. The van der Waals surface area contributed by atoms with Gasteiger partial charge in [-0.15, -0.1) is 0 Å². The maximum atomic E-state index is 8.56. The smallest absolute Gasteiger partial charge is 0.316 e. The number of rotatable bonds is 0. The van der Waals surface area contributed by atoms with Gasteiger partial charge in [-0.2, -0.15) is 0 Å². The van der Waals surface area contributed by atoms with E-state index in [0.29, 0.717) is 0 Å². The predicted molar refractivity (Wildman–Crippen MR) is 139 cm³/mol. The van der Waals surface area contributed by atoms with Gasteiger partial charge in [-0.25, -0.2) is 24.0 Å². The Morgan fingerprint density at radius 1 is 0.303 bits per heavy atom. The summed E-state index contributed by atoms with van der Waals surface area (Å²) in [7, 11) is 0. The van der Waals surface area contributed by atoms with E-state index in [9.17, 15) is 0 Å². The van der Waals surface area contributed by atoms with E-state index in [1.807, 2.05) is 0 Å². The van der Waals surface area contributed by atoms with Crippen molar-refractivity contribution in [1.29, 1.82) is 0 Å². The van der Waals surface area contributed by atoms with Crippen LogP contribution in [0.15, 0.2) is 0 Å². The molecule has 22 N–H and O–H groups in total. The summed E-state index contributed by atoms with van der Waals surface area (Å²) in [6, 6.07) is 0. The van der Waals surface area contributed by atoms with Crippen molar-refractivity contribution in [3.05, 3.63) is 0 Å². The van der Waals surface area contributed by atoms with Gasteiger partial charge in [-0.1, -0.05) is 0 Å². The summed E-state index contributed by atoms with van der Waals surface area (Å²) < 4.78 is 0. The molecule has 0 saturated carbocycles. The van der Waals surface area contributed by atoms with E-state index >= 15 is 0 Å². The molecule has 0 aromatic heterocycles. The van der Waals surface area contributed by atoms with Crippen molar-refractivity contribution in [3.8, 4) is 0 Å². The summed E-state index contributed by atoms with van der Waals surface area (Å²) in [4.78, 5) is 42.8. The van der Waals surface area contributed by atoms with Crippen LogP contribution in [-0.4, -0.2) is 274 Å². The molecule has 0 fully saturated rings. The van der Waals surface area contributed by atoms with E-state index in [4.69, 9.17) is 75.0 Å². The van der Waals surface area contributed by atoms with Crippen molar-refractivity contribution in [2.24, 2.45) is 0 Å². The molecule has 0 aromatic carbocycles. The molecular weight excluding hydrogens is 590 g/mol. The first-order chi connectivity index (χ1) is 8.66. The molecule has 0 rings (SSSR count). The number of hydrogen-bond acceptors (Lipinski definition) is 5. The standard InChI is InChI=1S/5CH2O3.3Al.Ca.3Mg.6H2O.17H/c5*2-1(3)4;;;;;;;;;;;;;;;;;;;;;;;;;;;;;;/h5*(H2,2,3,4);;;;;;;;6*1H2;;;;;;;;;;;;;;;;;. The molecule has 0 aliphatic heterocycles. The molecule has 28 heteroatoms. The van der Waals surface area contributed by atoms with Gasteiger partial charge in [0.15, 0.2) is 52.1 Å². The Morgan fingerprint density at radius 3 is 0.303 bits per heavy atom. The van der Waals surface area contributed by atoms with Crippen LogP contribution in [0.4, 0.5) is 24.0 Å². The zero-order valence-corrected chi connectivity index (χ0v) is 12.0. The second-order valence-corrected chi connectivity index (χ2v) is 1.41. The second-order valence-electron chi connectivity index (χ2n) is 1.41. The molecule has 0 aliphatic carbocycles. The molecule has 33 heavy (non-hydrogen) atoms. The molecule has 0 bridgehead atoms. The van der Waals surface area contributed by atoms with E-state index in [0.717, 1.165) is 0 Å². The number of carbonyl (C=O) groups is 5. The summed E-state index contributed by atoms with van der Waals surface area (Å²) in [5.41, 5.74) is 0. The van der Waals surface area contributed by atoms with Crippen molar-refractivity contribution < 1.29 is 108 Å². The number of hydrogen-bond donors (Lipinski definition) is 10. The van der Waals surface area contributed by atoms with Gasteiger partial charge in [0.05, 0.1) is 0 Å².